The molecule has 1 N–H and O–H groups in total. The molecule has 0 fully saturated rings. The van der Waals surface area contributed by atoms with Crippen LogP contribution >= 0.6 is 11.6 Å². The van der Waals surface area contributed by atoms with Crippen molar-refractivity contribution in [3.63, 3.8) is 0 Å². The van der Waals surface area contributed by atoms with Crippen LogP contribution in [0.1, 0.15) is 0 Å². The molecule has 0 bridgehead atoms. The summed E-state index contributed by atoms with van der Waals surface area (Å²) in [6.07, 6.45) is 1.23. The summed E-state index contributed by atoms with van der Waals surface area (Å²) in [7, 11) is 0. The fourth-order valence-electron chi connectivity index (χ4n) is 2.51. The summed E-state index contributed by atoms with van der Waals surface area (Å²) in [6.45, 7) is 0. The molecule has 4 aromatic rings. The highest BCUT2D eigenvalue weighted by molar-refractivity contribution is 6.30. The van der Waals surface area contributed by atoms with Crippen LogP contribution in [0.25, 0.3) is 16.9 Å². The zero-order valence-electron chi connectivity index (χ0n) is 13.1. The Labute approximate surface area is 151 Å². The molecule has 2 aromatic carbocycles. The third-order valence-corrected chi connectivity index (χ3v) is 3.86. The molecule has 2 aromatic heterocycles. The van der Waals surface area contributed by atoms with Gasteiger partial charge in [-0.3, -0.25) is 10.1 Å². The largest absolute Gasteiger partial charge is 0.356 e. The van der Waals surface area contributed by atoms with Crippen LogP contribution in [-0.4, -0.2) is 29.9 Å². The highest BCUT2D eigenvalue weighted by Crippen LogP contribution is 2.31. The van der Waals surface area contributed by atoms with E-state index < -0.39 is 4.92 Å². The highest BCUT2D eigenvalue weighted by atomic mass is 35.5. The maximum atomic E-state index is 11.7. The van der Waals surface area contributed by atoms with Crippen molar-refractivity contribution >= 4 is 39.8 Å². The molecule has 0 aliphatic heterocycles. The van der Waals surface area contributed by atoms with E-state index in [4.69, 9.17) is 11.6 Å². The van der Waals surface area contributed by atoms with Gasteiger partial charge < -0.3 is 5.32 Å². The third kappa shape index (κ3) is 2.80. The van der Waals surface area contributed by atoms with Crippen LogP contribution in [0.2, 0.25) is 5.02 Å². The number of anilines is 2. The van der Waals surface area contributed by atoms with Gasteiger partial charge in [0.05, 0.1) is 10.4 Å². The van der Waals surface area contributed by atoms with Gasteiger partial charge in [-0.15, -0.1) is 5.10 Å². The molecule has 0 unspecified atom stereocenters. The van der Waals surface area contributed by atoms with Gasteiger partial charge in [-0.2, -0.15) is 4.68 Å². The molecular weight excluding hydrogens is 358 g/mol. The summed E-state index contributed by atoms with van der Waals surface area (Å²) in [4.78, 5) is 19.2. The van der Waals surface area contributed by atoms with Gasteiger partial charge in [-0.25, -0.2) is 9.97 Å². The zero-order valence-corrected chi connectivity index (χ0v) is 13.8. The predicted molar refractivity (Wildman–Crippen MR) is 95.8 cm³/mol. The second-order valence-electron chi connectivity index (χ2n) is 5.28. The summed E-state index contributed by atoms with van der Waals surface area (Å²) in [5, 5.41) is 23.1. The van der Waals surface area contributed by atoms with Gasteiger partial charge >= 0.3 is 5.69 Å². The number of nitro groups is 1. The van der Waals surface area contributed by atoms with Crippen molar-refractivity contribution in [2.75, 3.05) is 5.32 Å². The monoisotopic (exact) mass is 367 g/mol. The number of halogens is 1. The van der Waals surface area contributed by atoms with E-state index in [1.807, 2.05) is 6.07 Å². The van der Waals surface area contributed by atoms with Crippen LogP contribution in [-0.2, 0) is 0 Å². The lowest BCUT2D eigenvalue weighted by Crippen LogP contribution is -2.08. The second-order valence-corrected chi connectivity index (χ2v) is 5.71. The molecule has 0 radical (unpaired) electrons. The molecule has 10 heteroatoms. The molecule has 0 saturated heterocycles. The summed E-state index contributed by atoms with van der Waals surface area (Å²) >= 11 is 5.96. The van der Waals surface area contributed by atoms with Crippen molar-refractivity contribution in [1.82, 2.24) is 25.0 Å². The summed E-state index contributed by atoms with van der Waals surface area (Å²) < 4.78 is 1.32. The number of fused-ring (bicyclic) bond motifs is 1. The molecule has 0 aliphatic rings. The molecule has 4 rings (SSSR count). The fourth-order valence-corrected chi connectivity index (χ4v) is 2.70. The number of nitrogens with one attached hydrogen (secondary N) is 1. The number of rotatable bonds is 4. The van der Waals surface area contributed by atoms with E-state index in [-0.39, 0.29) is 17.3 Å². The van der Waals surface area contributed by atoms with Crippen LogP contribution in [0, 0.1) is 10.1 Å². The quantitative estimate of drug-likeness (QED) is 0.433. The van der Waals surface area contributed by atoms with Crippen molar-refractivity contribution in [1.29, 1.82) is 0 Å². The van der Waals surface area contributed by atoms with Gasteiger partial charge in [0.1, 0.15) is 11.8 Å². The van der Waals surface area contributed by atoms with Crippen LogP contribution in [0.3, 0.4) is 0 Å². The summed E-state index contributed by atoms with van der Waals surface area (Å²) in [6, 6.07) is 13.9. The van der Waals surface area contributed by atoms with E-state index in [1.54, 1.807) is 42.5 Å². The van der Waals surface area contributed by atoms with E-state index in [9.17, 15) is 10.1 Å². The number of hydrogen-bond donors (Lipinski definition) is 1. The van der Waals surface area contributed by atoms with Crippen molar-refractivity contribution in [3.8, 4) is 5.82 Å². The zero-order chi connectivity index (χ0) is 18.1. The van der Waals surface area contributed by atoms with Crippen LogP contribution in [0.5, 0.6) is 0 Å². The minimum Gasteiger partial charge on any atom is -0.334 e. The average molecular weight is 368 g/mol. The number of aromatic nitrogens is 5. The first-order valence-corrected chi connectivity index (χ1v) is 7.84. The lowest BCUT2D eigenvalue weighted by Gasteiger charge is -2.09. The Bertz CT molecular complexity index is 1130. The number of para-hydroxylation sites is 1. The Morgan fingerprint density at radius 3 is 2.77 bits per heavy atom. The first-order chi connectivity index (χ1) is 12.6. The fraction of sp³-hybridized carbons (Fsp3) is 0. The van der Waals surface area contributed by atoms with Gasteiger partial charge in [-0.05, 0) is 30.3 Å². The topological polar surface area (TPSA) is 112 Å². The molecule has 128 valence electrons. The Morgan fingerprint density at radius 2 is 1.96 bits per heavy atom. The summed E-state index contributed by atoms with van der Waals surface area (Å²) in [5.41, 5.74) is 1.45. The summed E-state index contributed by atoms with van der Waals surface area (Å²) in [5.74, 6) is 0.0464. The van der Waals surface area contributed by atoms with Gasteiger partial charge in [0.2, 0.25) is 11.6 Å². The van der Waals surface area contributed by atoms with Crippen LogP contribution in [0.15, 0.2) is 54.9 Å². The molecule has 26 heavy (non-hydrogen) atoms. The minimum absolute atomic E-state index is 0.0169. The molecule has 2 heterocycles. The Balaban J connectivity index is 1.87. The second kappa shape index (κ2) is 6.37. The van der Waals surface area contributed by atoms with Crippen molar-refractivity contribution in [2.45, 2.75) is 0 Å². The Kier molecular flexibility index (Phi) is 3.90. The Morgan fingerprint density at radius 1 is 1.12 bits per heavy atom. The van der Waals surface area contributed by atoms with E-state index in [0.717, 1.165) is 0 Å². The number of hydrogen-bond acceptors (Lipinski definition) is 7. The maximum Gasteiger partial charge on any atom is 0.356 e. The van der Waals surface area contributed by atoms with Crippen LogP contribution < -0.4 is 5.32 Å². The molecule has 0 spiro atoms. The maximum absolute atomic E-state index is 11.7. The lowest BCUT2D eigenvalue weighted by atomic mass is 10.3. The number of benzene rings is 2. The Hall–Kier alpha value is -3.59. The van der Waals surface area contributed by atoms with E-state index >= 15 is 0 Å². The van der Waals surface area contributed by atoms with Crippen molar-refractivity contribution < 1.29 is 4.92 Å². The molecule has 0 aliphatic carbocycles. The first kappa shape index (κ1) is 15.9. The van der Waals surface area contributed by atoms with Crippen molar-refractivity contribution in [2.24, 2.45) is 0 Å². The molecule has 9 nitrogen and oxygen atoms in total. The third-order valence-electron chi connectivity index (χ3n) is 3.63. The van der Waals surface area contributed by atoms with Crippen LogP contribution in [0.4, 0.5) is 17.2 Å². The van der Waals surface area contributed by atoms with E-state index in [1.165, 1.54) is 11.0 Å². The standard InChI is InChI=1S/C16H10ClN7O2/c17-10-4-3-5-11(8-10)20-15-14(24(25)26)16(19-9-18-15)23-13-7-2-1-6-12(13)21-22-23/h1-9H,(H,18,19,20). The van der Waals surface area contributed by atoms with E-state index in [0.29, 0.717) is 21.7 Å². The minimum atomic E-state index is -0.557. The molecule has 0 saturated carbocycles. The van der Waals surface area contributed by atoms with E-state index in [2.05, 4.69) is 25.6 Å². The smallest absolute Gasteiger partial charge is 0.334 e. The van der Waals surface area contributed by atoms with Gasteiger partial charge in [-0.1, -0.05) is 35.0 Å². The van der Waals surface area contributed by atoms with Crippen molar-refractivity contribution in [3.05, 3.63) is 70.0 Å². The molecule has 0 amide bonds. The average Bonchev–Trinajstić information content (AvgIpc) is 3.05. The SMILES string of the molecule is O=[N+]([O-])c1c(Nc2cccc(Cl)c2)ncnc1-n1nnc2ccccc21. The van der Waals surface area contributed by atoms with Gasteiger partial charge in [0.25, 0.3) is 0 Å². The lowest BCUT2D eigenvalue weighted by molar-refractivity contribution is -0.384. The van der Waals surface area contributed by atoms with Gasteiger partial charge in [0.15, 0.2) is 0 Å². The highest BCUT2D eigenvalue weighted by Gasteiger charge is 2.26. The molecule has 0 atom stereocenters. The molecular formula is C16H10ClN7O2. The normalized spacial score (nSPS) is 10.8. The van der Waals surface area contributed by atoms with Gasteiger partial charge in [0, 0.05) is 10.7 Å². The first-order valence-electron chi connectivity index (χ1n) is 7.46. The predicted octanol–water partition coefficient (Wildman–Crippen LogP) is 3.52. The number of nitrogens with zero attached hydrogens (tertiary/aromatic N) is 6.